The first kappa shape index (κ1) is 14.0. The van der Waals surface area contributed by atoms with Crippen LogP contribution in [0, 0.1) is 5.92 Å². The maximum atomic E-state index is 12.1. The van der Waals surface area contributed by atoms with Gasteiger partial charge < -0.3 is 10.8 Å². The summed E-state index contributed by atoms with van der Waals surface area (Å²) in [5.41, 5.74) is 6.72. The zero-order chi connectivity index (χ0) is 14.0. The molecule has 1 saturated carbocycles. The molecular weight excluding hydrogens is 266 g/mol. The van der Waals surface area contributed by atoms with Crippen molar-refractivity contribution in [2.24, 2.45) is 11.7 Å². The molecule has 1 aliphatic rings. The molecule has 1 aromatic carbocycles. The van der Waals surface area contributed by atoms with Crippen molar-refractivity contribution in [2.75, 3.05) is 5.75 Å². The van der Waals surface area contributed by atoms with E-state index in [1.165, 1.54) is 12.1 Å². The Kier molecular flexibility index (Phi) is 3.91. The zero-order valence-corrected chi connectivity index (χ0v) is 11.3. The SMILES string of the molecule is NCc1cc(S(=O)(=O)CC2CC2)ccc1CC(=O)O. The molecule has 104 valence electrons. The van der Waals surface area contributed by atoms with Crippen LogP contribution >= 0.6 is 0 Å². The quantitative estimate of drug-likeness (QED) is 0.810. The van der Waals surface area contributed by atoms with E-state index in [0.717, 1.165) is 12.8 Å². The highest BCUT2D eigenvalue weighted by atomic mass is 32.2. The second kappa shape index (κ2) is 5.30. The van der Waals surface area contributed by atoms with Gasteiger partial charge in [0.2, 0.25) is 0 Å². The number of hydrogen-bond acceptors (Lipinski definition) is 4. The first-order chi connectivity index (χ1) is 8.92. The molecular formula is C13H17NO4S. The average molecular weight is 283 g/mol. The fourth-order valence-corrected chi connectivity index (χ4v) is 3.76. The molecule has 0 radical (unpaired) electrons. The van der Waals surface area contributed by atoms with E-state index in [1.54, 1.807) is 6.07 Å². The number of benzene rings is 1. The minimum atomic E-state index is -3.28. The Labute approximate surface area is 112 Å². The third-order valence-corrected chi connectivity index (χ3v) is 5.13. The molecule has 0 bridgehead atoms. The number of carboxylic acid groups (broad SMARTS) is 1. The Balaban J connectivity index is 2.29. The lowest BCUT2D eigenvalue weighted by Crippen LogP contribution is -2.12. The molecule has 0 saturated heterocycles. The predicted molar refractivity (Wildman–Crippen MR) is 70.5 cm³/mol. The van der Waals surface area contributed by atoms with Gasteiger partial charge in [0.1, 0.15) is 0 Å². The van der Waals surface area contributed by atoms with Crippen molar-refractivity contribution in [3.8, 4) is 0 Å². The molecule has 19 heavy (non-hydrogen) atoms. The Bertz CT molecular complexity index is 591. The molecule has 0 aliphatic heterocycles. The van der Waals surface area contributed by atoms with Crippen LogP contribution in [0.4, 0.5) is 0 Å². The van der Waals surface area contributed by atoms with Crippen molar-refractivity contribution in [3.05, 3.63) is 29.3 Å². The van der Waals surface area contributed by atoms with Crippen LogP contribution in [-0.2, 0) is 27.6 Å². The van der Waals surface area contributed by atoms with Crippen LogP contribution in [0.1, 0.15) is 24.0 Å². The average Bonchev–Trinajstić information content (AvgIpc) is 3.11. The Hall–Kier alpha value is -1.40. The summed E-state index contributed by atoms with van der Waals surface area (Å²) in [6, 6.07) is 4.54. The Morgan fingerprint density at radius 2 is 2.00 bits per heavy atom. The molecule has 1 fully saturated rings. The van der Waals surface area contributed by atoms with Gasteiger partial charge in [-0.15, -0.1) is 0 Å². The number of sulfone groups is 1. The summed E-state index contributed by atoms with van der Waals surface area (Å²) in [6.45, 7) is 0.134. The van der Waals surface area contributed by atoms with Gasteiger partial charge in [-0.05, 0) is 42.0 Å². The van der Waals surface area contributed by atoms with Crippen molar-refractivity contribution >= 4 is 15.8 Å². The second-order valence-electron chi connectivity index (χ2n) is 4.93. The number of carbonyl (C=O) groups is 1. The summed E-state index contributed by atoms with van der Waals surface area (Å²) >= 11 is 0. The van der Waals surface area contributed by atoms with Gasteiger partial charge in [-0.3, -0.25) is 4.79 Å². The Morgan fingerprint density at radius 3 is 2.53 bits per heavy atom. The third-order valence-electron chi connectivity index (χ3n) is 3.25. The van der Waals surface area contributed by atoms with Crippen molar-refractivity contribution in [3.63, 3.8) is 0 Å². The van der Waals surface area contributed by atoms with E-state index in [4.69, 9.17) is 10.8 Å². The zero-order valence-electron chi connectivity index (χ0n) is 10.5. The lowest BCUT2D eigenvalue weighted by Gasteiger charge is -2.09. The summed E-state index contributed by atoms with van der Waals surface area (Å²) in [7, 11) is -3.28. The molecule has 5 nitrogen and oxygen atoms in total. The maximum Gasteiger partial charge on any atom is 0.307 e. The van der Waals surface area contributed by atoms with Crippen LogP contribution in [0.25, 0.3) is 0 Å². The molecule has 0 aromatic heterocycles. The highest BCUT2D eigenvalue weighted by Crippen LogP contribution is 2.32. The summed E-state index contributed by atoms with van der Waals surface area (Å²) < 4.78 is 24.3. The molecule has 6 heteroatoms. The van der Waals surface area contributed by atoms with Gasteiger partial charge in [-0.25, -0.2) is 8.42 Å². The van der Waals surface area contributed by atoms with Crippen LogP contribution in [-0.4, -0.2) is 25.2 Å². The van der Waals surface area contributed by atoms with Gasteiger partial charge in [0.05, 0.1) is 17.1 Å². The Morgan fingerprint density at radius 1 is 1.32 bits per heavy atom. The van der Waals surface area contributed by atoms with E-state index in [2.05, 4.69) is 0 Å². The summed E-state index contributed by atoms with van der Waals surface area (Å²) in [5, 5.41) is 8.78. The van der Waals surface area contributed by atoms with Gasteiger partial charge in [-0.2, -0.15) is 0 Å². The fourth-order valence-electron chi connectivity index (χ4n) is 2.01. The van der Waals surface area contributed by atoms with Crippen molar-refractivity contribution in [1.29, 1.82) is 0 Å². The first-order valence-corrected chi connectivity index (χ1v) is 7.84. The minimum Gasteiger partial charge on any atom is -0.481 e. The molecule has 3 N–H and O–H groups in total. The van der Waals surface area contributed by atoms with Gasteiger partial charge in [0.15, 0.2) is 9.84 Å². The summed E-state index contributed by atoms with van der Waals surface area (Å²) in [5.74, 6) is -0.497. The topological polar surface area (TPSA) is 97.5 Å². The van der Waals surface area contributed by atoms with Gasteiger partial charge in [0.25, 0.3) is 0 Å². The first-order valence-electron chi connectivity index (χ1n) is 6.19. The van der Waals surface area contributed by atoms with E-state index in [-0.39, 0.29) is 29.5 Å². The van der Waals surface area contributed by atoms with Crippen molar-refractivity contribution in [1.82, 2.24) is 0 Å². The maximum absolute atomic E-state index is 12.1. The molecule has 0 heterocycles. The number of rotatable bonds is 6. The predicted octanol–water partition coefficient (Wildman–Crippen LogP) is 0.956. The molecule has 0 spiro atoms. The number of nitrogens with two attached hydrogens (primary N) is 1. The smallest absolute Gasteiger partial charge is 0.307 e. The second-order valence-corrected chi connectivity index (χ2v) is 6.96. The molecule has 1 aliphatic carbocycles. The third kappa shape index (κ3) is 3.54. The van der Waals surface area contributed by atoms with E-state index in [9.17, 15) is 13.2 Å². The molecule has 0 unspecified atom stereocenters. The largest absolute Gasteiger partial charge is 0.481 e. The summed E-state index contributed by atoms with van der Waals surface area (Å²) in [4.78, 5) is 11.0. The van der Waals surface area contributed by atoms with E-state index in [0.29, 0.717) is 11.1 Å². The highest BCUT2D eigenvalue weighted by molar-refractivity contribution is 7.91. The minimum absolute atomic E-state index is 0.134. The van der Waals surface area contributed by atoms with Crippen LogP contribution in [0.2, 0.25) is 0 Å². The van der Waals surface area contributed by atoms with Crippen LogP contribution in [0.15, 0.2) is 23.1 Å². The molecule has 2 rings (SSSR count). The van der Waals surface area contributed by atoms with E-state index < -0.39 is 15.8 Å². The molecule has 1 aromatic rings. The molecule has 0 amide bonds. The van der Waals surface area contributed by atoms with Crippen LogP contribution in [0.5, 0.6) is 0 Å². The number of hydrogen-bond donors (Lipinski definition) is 2. The van der Waals surface area contributed by atoms with Crippen molar-refractivity contribution in [2.45, 2.75) is 30.7 Å². The highest BCUT2D eigenvalue weighted by Gasteiger charge is 2.29. The normalized spacial score (nSPS) is 15.4. The van der Waals surface area contributed by atoms with Crippen LogP contribution < -0.4 is 5.73 Å². The monoisotopic (exact) mass is 283 g/mol. The van der Waals surface area contributed by atoms with Crippen LogP contribution in [0.3, 0.4) is 0 Å². The van der Waals surface area contributed by atoms with Gasteiger partial charge in [0, 0.05) is 6.54 Å². The number of aliphatic carboxylic acids is 1. The van der Waals surface area contributed by atoms with Gasteiger partial charge in [-0.1, -0.05) is 6.07 Å². The summed E-state index contributed by atoms with van der Waals surface area (Å²) in [6.07, 6.45) is 1.80. The molecule has 0 atom stereocenters. The van der Waals surface area contributed by atoms with E-state index >= 15 is 0 Å². The fraction of sp³-hybridized carbons (Fsp3) is 0.462. The number of carboxylic acids is 1. The van der Waals surface area contributed by atoms with Crippen molar-refractivity contribution < 1.29 is 18.3 Å². The standard InChI is InChI=1S/C13H17NO4S/c14-7-11-5-12(4-3-10(11)6-13(15)16)19(17,18)8-9-1-2-9/h3-5,9H,1-2,6-8,14H2,(H,15,16). The lowest BCUT2D eigenvalue weighted by molar-refractivity contribution is -0.136. The van der Waals surface area contributed by atoms with Gasteiger partial charge >= 0.3 is 5.97 Å². The van der Waals surface area contributed by atoms with E-state index in [1.807, 2.05) is 0 Å². The lowest BCUT2D eigenvalue weighted by atomic mass is 10.1.